The number of aryl methyl sites for hydroxylation is 1. The number of thiophene rings is 1. The summed E-state index contributed by atoms with van der Waals surface area (Å²) in [4.78, 5) is 12.2. The van der Waals surface area contributed by atoms with E-state index in [1.807, 2.05) is 12.3 Å². The SMILES string of the molecule is COC(=O)Cc1csc(C)c1C. The lowest BCUT2D eigenvalue weighted by Crippen LogP contribution is -2.04. The van der Waals surface area contributed by atoms with Crippen molar-refractivity contribution in [3.8, 4) is 0 Å². The molecule has 66 valence electrons. The van der Waals surface area contributed by atoms with Crippen LogP contribution in [0.25, 0.3) is 0 Å². The summed E-state index contributed by atoms with van der Waals surface area (Å²) in [5, 5.41) is 2.02. The molecule has 0 radical (unpaired) electrons. The van der Waals surface area contributed by atoms with Crippen molar-refractivity contribution in [1.82, 2.24) is 0 Å². The van der Waals surface area contributed by atoms with E-state index >= 15 is 0 Å². The van der Waals surface area contributed by atoms with Crippen LogP contribution < -0.4 is 0 Å². The topological polar surface area (TPSA) is 26.3 Å². The van der Waals surface area contributed by atoms with Gasteiger partial charge in [-0.15, -0.1) is 11.3 Å². The zero-order chi connectivity index (χ0) is 9.14. The van der Waals surface area contributed by atoms with Gasteiger partial charge in [-0.1, -0.05) is 0 Å². The van der Waals surface area contributed by atoms with Gasteiger partial charge in [0, 0.05) is 4.88 Å². The van der Waals surface area contributed by atoms with Crippen LogP contribution in [0.5, 0.6) is 0 Å². The molecule has 0 saturated heterocycles. The number of ether oxygens (including phenoxy) is 1. The van der Waals surface area contributed by atoms with Crippen molar-refractivity contribution in [1.29, 1.82) is 0 Å². The van der Waals surface area contributed by atoms with E-state index in [0.717, 1.165) is 5.56 Å². The molecule has 0 amide bonds. The number of methoxy groups -OCH3 is 1. The van der Waals surface area contributed by atoms with Crippen molar-refractivity contribution in [3.05, 3.63) is 21.4 Å². The summed E-state index contributed by atoms with van der Waals surface area (Å²) in [7, 11) is 1.41. The minimum absolute atomic E-state index is 0.170. The quantitative estimate of drug-likeness (QED) is 0.658. The van der Waals surface area contributed by atoms with E-state index in [9.17, 15) is 4.79 Å². The first-order valence-electron chi connectivity index (χ1n) is 3.75. The van der Waals surface area contributed by atoms with Gasteiger partial charge in [0.25, 0.3) is 0 Å². The lowest BCUT2D eigenvalue weighted by Gasteiger charge is -1.98. The number of rotatable bonds is 2. The lowest BCUT2D eigenvalue weighted by atomic mass is 10.1. The first-order valence-corrected chi connectivity index (χ1v) is 4.63. The molecule has 0 saturated carbocycles. The molecular formula is C9H12O2S. The van der Waals surface area contributed by atoms with Gasteiger partial charge in [-0.05, 0) is 30.4 Å². The van der Waals surface area contributed by atoms with Crippen LogP contribution in [-0.4, -0.2) is 13.1 Å². The molecule has 1 heterocycles. The molecule has 0 aliphatic rings. The smallest absolute Gasteiger partial charge is 0.310 e. The highest BCUT2D eigenvalue weighted by Crippen LogP contribution is 2.20. The molecule has 0 aliphatic carbocycles. The third kappa shape index (κ3) is 1.85. The molecule has 0 spiro atoms. The first kappa shape index (κ1) is 9.26. The van der Waals surface area contributed by atoms with Crippen LogP contribution in [0.2, 0.25) is 0 Å². The van der Waals surface area contributed by atoms with E-state index in [0.29, 0.717) is 6.42 Å². The van der Waals surface area contributed by atoms with Gasteiger partial charge < -0.3 is 4.74 Å². The molecule has 2 nitrogen and oxygen atoms in total. The van der Waals surface area contributed by atoms with Crippen molar-refractivity contribution in [2.24, 2.45) is 0 Å². The van der Waals surface area contributed by atoms with E-state index in [2.05, 4.69) is 11.7 Å². The van der Waals surface area contributed by atoms with Gasteiger partial charge in [-0.2, -0.15) is 0 Å². The van der Waals surface area contributed by atoms with Gasteiger partial charge in [0.05, 0.1) is 13.5 Å². The number of carbonyl (C=O) groups is 1. The van der Waals surface area contributed by atoms with Gasteiger partial charge >= 0.3 is 5.97 Å². The number of esters is 1. The second-order valence-electron chi connectivity index (χ2n) is 2.70. The highest BCUT2D eigenvalue weighted by Gasteiger charge is 2.08. The highest BCUT2D eigenvalue weighted by molar-refractivity contribution is 7.10. The zero-order valence-electron chi connectivity index (χ0n) is 7.51. The maximum atomic E-state index is 10.9. The van der Waals surface area contributed by atoms with Crippen molar-refractivity contribution in [3.63, 3.8) is 0 Å². The minimum atomic E-state index is -0.170. The monoisotopic (exact) mass is 184 g/mol. The van der Waals surface area contributed by atoms with Gasteiger partial charge in [-0.25, -0.2) is 0 Å². The van der Waals surface area contributed by atoms with Gasteiger partial charge in [0.2, 0.25) is 0 Å². The maximum absolute atomic E-state index is 10.9. The van der Waals surface area contributed by atoms with Gasteiger partial charge in [-0.3, -0.25) is 4.79 Å². The zero-order valence-corrected chi connectivity index (χ0v) is 8.33. The molecular weight excluding hydrogens is 172 g/mol. The predicted molar refractivity (Wildman–Crippen MR) is 49.5 cm³/mol. The van der Waals surface area contributed by atoms with E-state index < -0.39 is 0 Å². The average Bonchev–Trinajstić information content (AvgIpc) is 2.36. The maximum Gasteiger partial charge on any atom is 0.310 e. The average molecular weight is 184 g/mol. The van der Waals surface area contributed by atoms with Crippen LogP contribution in [0, 0.1) is 13.8 Å². The van der Waals surface area contributed by atoms with Crippen molar-refractivity contribution >= 4 is 17.3 Å². The standard InChI is InChI=1S/C9H12O2S/c1-6-7(2)12-5-8(6)4-9(10)11-3/h5H,4H2,1-3H3. The number of hydrogen-bond donors (Lipinski definition) is 0. The Labute approximate surface area is 76.2 Å². The van der Waals surface area contributed by atoms with Gasteiger partial charge in [0.1, 0.15) is 0 Å². The summed E-state index contributed by atoms with van der Waals surface area (Å²) in [5.41, 5.74) is 2.30. The fraction of sp³-hybridized carbons (Fsp3) is 0.444. The molecule has 0 aromatic carbocycles. The predicted octanol–water partition coefficient (Wildman–Crippen LogP) is 2.08. The van der Waals surface area contributed by atoms with Crippen molar-refractivity contribution in [2.75, 3.05) is 7.11 Å². The molecule has 1 aromatic rings. The summed E-state index contributed by atoms with van der Waals surface area (Å²) in [6.45, 7) is 4.09. The molecule has 1 rings (SSSR count). The van der Waals surface area contributed by atoms with E-state index in [-0.39, 0.29) is 5.97 Å². The second-order valence-corrected chi connectivity index (χ2v) is 3.78. The molecule has 3 heteroatoms. The Kier molecular flexibility index (Phi) is 2.87. The Morgan fingerprint density at radius 1 is 1.58 bits per heavy atom. The van der Waals surface area contributed by atoms with E-state index in [1.165, 1.54) is 17.6 Å². The fourth-order valence-corrected chi connectivity index (χ4v) is 1.85. The molecule has 0 unspecified atom stereocenters. The lowest BCUT2D eigenvalue weighted by molar-refractivity contribution is -0.139. The number of carbonyl (C=O) groups excluding carboxylic acids is 1. The normalized spacial score (nSPS) is 9.92. The van der Waals surface area contributed by atoms with Crippen LogP contribution in [0.15, 0.2) is 5.38 Å². The Hall–Kier alpha value is -0.830. The van der Waals surface area contributed by atoms with Crippen LogP contribution in [0.3, 0.4) is 0 Å². The third-order valence-corrected chi connectivity index (χ3v) is 3.01. The third-order valence-electron chi connectivity index (χ3n) is 1.95. The van der Waals surface area contributed by atoms with Crippen molar-refractivity contribution in [2.45, 2.75) is 20.3 Å². The van der Waals surface area contributed by atoms with Crippen LogP contribution >= 0.6 is 11.3 Å². The van der Waals surface area contributed by atoms with E-state index in [1.54, 1.807) is 11.3 Å². The van der Waals surface area contributed by atoms with E-state index in [4.69, 9.17) is 0 Å². The van der Waals surface area contributed by atoms with Crippen molar-refractivity contribution < 1.29 is 9.53 Å². The Morgan fingerprint density at radius 3 is 2.67 bits per heavy atom. The summed E-state index contributed by atoms with van der Waals surface area (Å²) in [6.07, 6.45) is 0.396. The molecule has 1 aromatic heterocycles. The molecule has 0 atom stereocenters. The minimum Gasteiger partial charge on any atom is -0.469 e. The van der Waals surface area contributed by atoms with Crippen LogP contribution in [-0.2, 0) is 16.0 Å². The Bertz CT molecular complexity index is 289. The summed E-state index contributed by atoms with van der Waals surface area (Å²) < 4.78 is 4.58. The van der Waals surface area contributed by atoms with Crippen LogP contribution in [0.1, 0.15) is 16.0 Å². The highest BCUT2D eigenvalue weighted by atomic mass is 32.1. The summed E-state index contributed by atoms with van der Waals surface area (Å²) in [5.74, 6) is -0.170. The number of hydrogen-bond acceptors (Lipinski definition) is 3. The Balaban J connectivity index is 2.76. The molecule has 0 aliphatic heterocycles. The van der Waals surface area contributed by atoms with Gasteiger partial charge in [0.15, 0.2) is 0 Å². The molecule has 0 fully saturated rings. The van der Waals surface area contributed by atoms with Crippen LogP contribution in [0.4, 0.5) is 0 Å². The Morgan fingerprint density at radius 2 is 2.25 bits per heavy atom. The molecule has 0 N–H and O–H groups in total. The first-order chi connectivity index (χ1) is 5.65. The molecule has 0 bridgehead atoms. The largest absolute Gasteiger partial charge is 0.469 e. The second kappa shape index (κ2) is 3.72. The fourth-order valence-electron chi connectivity index (χ4n) is 0.964. The summed E-state index contributed by atoms with van der Waals surface area (Å²) >= 11 is 1.68. The summed E-state index contributed by atoms with van der Waals surface area (Å²) in [6, 6.07) is 0. The molecule has 12 heavy (non-hydrogen) atoms.